The Bertz CT molecular complexity index is 1040. The molecule has 11 heteroatoms. The van der Waals surface area contributed by atoms with Crippen molar-refractivity contribution in [2.75, 3.05) is 6.54 Å². The third kappa shape index (κ3) is 3.82. The minimum Gasteiger partial charge on any atom is -0.278 e. The number of sulfonamides is 1. The summed E-state index contributed by atoms with van der Waals surface area (Å²) in [6.07, 6.45) is 3.24. The van der Waals surface area contributed by atoms with Crippen LogP contribution in [0.1, 0.15) is 0 Å². The minimum atomic E-state index is -3.65. The summed E-state index contributed by atoms with van der Waals surface area (Å²) in [4.78, 5) is 16.2. The van der Waals surface area contributed by atoms with E-state index >= 15 is 0 Å². The Kier molecular flexibility index (Phi) is 5.04. The maximum absolute atomic E-state index is 12.2. The molecule has 0 atom stereocenters. The van der Waals surface area contributed by atoms with Crippen molar-refractivity contribution >= 4 is 33.0 Å². The second kappa shape index (κ2) is 7.08. The molecule has 3 rings (SSSR count). The topological polar surface area (TPSA) is 98.9 Å². The van der Waals surface area contributed by atoms with Crippen LogP contribution in [0.15, 0.2) is 45.7 Å². The Morgan fingerprint density at radius 2 is 2.12 bits per heavy atom. The van der Waals surface area contributed by atoms with Crippen molar-refractivity contribution in [1.82, 2.24) is 24.1 Å². The van der Waals surface area contributed by atoms with Gasteiger partial charge < -0.3 is 0 Å². The van der Waals surface area contributed by atoms with Gasteiger partial charge >= 0.3 is 5.69 Å². The molecule has 0 radical (unpaired) electrons. The smallest absolute Gasteiger partial charge is 0.278 e. The monoisotopic (exact) mass is 399 g/mol. The van der Waals surface area contributed by atoms with Gasteiger partial charge in [0.2, 0.25) is 10.0 Å². The highest BCUT2D eigenvalue weighted by atomic mass is 35.5. The van der Waals surface area contributed by atoms with E-state index in [-0.39, 0.29) is 23.0 Å². The Hall–Kier alpha value is -2.01. The van der Waals surface area contributed by atoms with E-state index in [0.717, 1.165) is 11.3 Å². The fraction of sp³-hybridized carbons (Fsp3) is 0.214. The second-order valence-corrected chi connectivity index (χ2v) is 8.80. The SMILES string of the molecule is Cn1c(-c2cccnc2)nn(CCNS(=O)(=O)c2ccc(Cl)s2)c1=O. The van der Waals surface area contributed by atoms with Crippen molar-refractivity contribution in [3.8, 4) is 11.4 Å². The van der Waals surface area contributed by atoms with E-state index < -0.39 is 10.0 Å². The Balaban J connectivity index is 1.73. The number of thiophene rings is 1. The van der Waals surface area contributed by atoms with E-state index in [1.54, 1.807) is 31.6 Å². The third-order valence-electron chi connectivity index (χ3n) is 3.39. The number of nitrogens with zero attached hydrogens (tertiary/aromatic N) is 4. The maximum Gasteiger partial charge on any atom is 0.345 e. The van der Waals surface area contributed by atoms with E-state index in [0.29, 0.717) is 15.7 Å². The number of halogens is 1. The summed E-state index contributed by atoms with van der Waals surface area (Å²) < 4.78 is 29.8. The van der Waals surface area contributed by atoms with E-state index in [2.05, 4.69) is 14.8 Å². The predicted octanol–water partition coefficient (Wildman–Crippen LogP) is 1.34. The first-order valence-corrected chi connectivity index (χ1v) is 9.85. The normalized spacial score (nSPS) is 11.8. The van der Waals surface area contributed by atoms with Crippen molar-refractivity contribution in [1.29, 1.82) is 0 Å². The summed E-state index contributed by atoms with van der Waals surface area (Å²) in [5.41, 5.74) is 0.367. The van der Waals surface area contributed by atoms with Crippen molar-refractivity contribution in [3.05, 3.63) is 51.5 Å². The molecule has 0 aliphatic heterocycles. The molecular formula is C14H14ClN5O3S2. The fourth-order valence-corrected chi connectivity index (χ4v) is 4.73. The van der Waals surface area contributed by atoms with Crippen LogP contribution in [0.3, 0.4) is 0 Å². The first-order chi connectivity index (χ1) is 11.9. The van der Waals surface area contributed by atoms with Gasteiger partial charge in [0, 0.05) is 31.5 Å². The van der Waals surface area contributed by atoms with Crippen LogP contribution in [0.4, 0.5) is 0 Å². The summed E-state index contributed by atoms with van der Waals surface area (Å²) in [6.45, 7) is 0.131. The van der Waals surface area contributed by atoms with Gasteiger partial charge in [-0.2, -0.15) is 0 Å². The average molecular weight is 400 g/mol. The lowest BCUT2D eigenvalue weighted by atomic mass is 10.3. The number of rotatable bonds is 6. The molecule has 3 heterocycles. The molecule has 0 saturated carbocycles. The summed E-state index contributed by atoms with van der Waals surface area (Å²) >= 11 is 6.73. The molecule has 8 nitrogen and oxygen atoms in total. The van der Waals surface area contributed by atoms with Gasteiger partial charge in [-0.25, -0.2) is 22.6 Å². The summed E-state index contributed by atoms with van der Waals surface area (Å²) in [6, 6.07) is 6.49. The van der Waals surface area contributed by atoms with Gasteiger partial charge in [-0.05, 0) is 24.3 Å². The summed E-state index contributed by atoms with van der Waals surface area (Å²) in [5.74, 6) is 0.464. The van der Waals surface area contributed by atoms with Gasteiger partial charge in [0.25, 0.3) is 0 Å². The highest BCUT2D eigenvalue weighted by molar-refractivity contribution is 7.91. The first-order valence-electron chi connectivity index (χ1n) is 7.18. The van der Waals surface area contributed by atoms with Crippen LogP contribution in [0.5, 0.6) is 0 Å². The molecule has 3 aromatic heterocycles. The molecule has 0 spiro atoms. The molecule has 3 aromatic rings. The second-order valence-electron chi connectivity index (χ2n) is 5.09. The van der Waals surface area contributed by atoms with E-state index in [4.69, 9.17) is 11.6 Å². The molecule has 1 N–H and O–H groups in total. The highest BCUT2D eigenvalue weighted by Crippen LogP contribution is 2.25. The summed E-state index contributed by atoms with van der Waals surface area (Å²) in [5, 5.41) is 4.25. The maximum atomic E-state index is 12.2. The quantitative estimate of drug-likeness (QED) is 0.674. The molecule has 0 aliphatic carbocycles. The van der Waals surface area contributed by atoms with Crippen LogP contribution in [0.2, 0.25) is 4.34 Å². The lowest BCUT2D eigenvalue weighted by Crippen LogP contribution is -2.31. The fourth-order valence-electron chi connectivity index (χ4n) is 2.18. The van der Waals surface area contributed by atoms with Crippen molar-refractivity contribution in [2.45, 2.75) is 10.8 Å². The number of nitrogens with one attached hydrogen (secondary N) is 1. The van der Waals surface area contributed by atoms with Crippen LogP contribution in [-0.2, 0) is 23.6 Å². The molecule has 0 unspecified atom stereocenters. The third-order valence-corrected chi connectivity index (χ3v) is 6.57. The largest absolute Gasteiger partial charge is 0.345 e. The van der Waals surface area contributed by atoms with Gasteiger partial charge in [0.1, 0.15) is 4.21 Å². The molecule has 0 bridgehead atoms. The Morgan fingerprint density at radius 1 is 1.32 bits per heavy atom. The van der Waals surface area contributed by atoms with E-state index in [1.165, 1.54) is 21.4 Å². The minimum absolute atomic E-state index is 0.0290. The average Bonchev–Trinajstić information content (AvgIpc) is 3.15. The number of aromatic nitrogens is 4. The van der Waals surface area contributed by atoms with Crippen LogP contribution >= 0.6 is 22.9 Å². The highest BCUT2D eigenvalue weighted by Gasteiger charge is 2.17. The van der Waals surface area contributed by atoms with E-state index in [1.807, 2.05) is 0 Å². The zero-order valence-electron chi connectivity index (χ0n) is 13.1. The van der Waals surface area contributed by atoms with Crippen molar-refractivity contribution in [2.24, 2.45) is 7.05 Å². The molecule has 0 fully saturated rings. The summed E-state index contributed by atoms with van der Waals surface area (Å²) in [7, 11) is -2.05. The molecule has 0 saturated heterocycles. The van der Waals surface area contributed by atoms with Gasteiger partial charge in [-0.15, -0.1) is 16.4 Å². The zero-order chi connectivity index (χ0) is 18.0. The van der Waals surface area contributed by atoms with Crippen molar-refractivity contribution in [3.63, 3.8) is 0 Å². The Morgan fingerprint density at radius 3 is 2.76 bits per heavy atom. The molecule has 132 valence electrons. The lowest BCUT2D eigenvalue weighted by molar-refractivity contribution is 0.552. The standard InChI is InChI=1S/C14H14ClN5O3S2/c1-19-13(10-3-2-6-16-9-10)18-20(14(19)21)8-7-17-25(22,23)12-5-4-11(15)24-12/h2-6,9,17H,7-8H2,1H3. The number of hydrogen-bond acceptors (Lipinski definition) is 6. The van der Waals surface area contributed by atoms with Crippen LogP contribution in [0, 0.1) is 0 Å². The molecule has 0 amide bonds. The first kappa shape index (κ1) is 17.8. The van der Waals surface area contributed by atoms with Gasteiger partial charge in [0.15, 0.2) is 5.82 Å². The number of hydrogen-bond donors (Lipinski definition) is 1. The Labute approximate surface area is 152 Å². The molecule has 25 heavy (non-hydrogen) atoms. The van der Waals surface area contributed by atoms with Crippen molar-refractivity contribution < 1.29 is 8.42 Å². The predicted molar refractivity (Wildman–Crippen MR) is 95.2 cm³/mol. The molecule has 0 aromatic carbocycles. The molecule has 0 aliphatic rings. The number of pyridine rings is 1. The van der Waals surface area contributed by atoms with Crippen LogP contribution in [-0.4, -0.2) is 34.3 Å². The lowest BCUT2D eigenvalue weighted by Gasteiger charge is -2.04. The molecular weight excluding hydrogens is 386 g/mol. The van der Waals surface area contributed by atoms with Gasteiger partial charge in [0.05, 0.1) is 10.9 Å². The van der Waals surface area contributed by atoms with Gasteiger partial charge in [-0.1, -0.05) is 11.6 Å². The van der Waals surface area contributed by atoms with Crippen LogP contribution in [0.25, 0.3) is 11.4 Å². The van der Waals surface area contributed by atoms with Gasteiger partial charge in [-0.3, -0.25) is 9.55 Å². The zero-order valence-corrected chi connectivity index (χ0v) is 15.5. The van der Waals surface area contributed by atoms with Crippen LogP contribution < -0.4 is 10.4 Å². The van der Waals surface area contributed by atoms with E-state index in [9.17, 15) is 13.2 Å².